The molecule has 1 fully saturated rings. The largest absolute Gasteiger partial charge is 0.497 e. The van der Waals surface area contributed by atoms with Crippen LogP contribution in [0, 0.1) is 11.8 Å². The van der Waals surface area contributed by atoms with Crippen molar-refractivity contribution in [1.29, 1.82) is 0 Å². The lowest BCUT2D eigenvalue weighted by Crippen LogP contribution is -2.48. The number of ether oxygens (including phenoxy) is 3. The summed E-state index contributed by atoms with van der Waals surface area (Å²) in [5.41, 5.74) is 1.53. The highest BCUT2D eigenvalue weighted by Gasteiger charge is 2.31. The molecule has 264 valence electrons. The molecule has 0 aromatic heterocycles. The first-order valence-corrected chi connectivity index (χ1v) is 17.4. The summed E-state index contributed by atoms with van der Waals surface area (Å²) in [7, 11) is 3.31. The van der Waals surface area contributed by atoms with E-state index in [0.29, 0.717) is 41.6 Å². The zero-order valence-electron chi connectivity index (χ0n) is 29.2. The maximum atomic E-state index is 14.4. The number of likely N-dealkylation sites (N-methyl/N-ethyl adjacent to an activating group) is 1. The molecule has 2 aliphatic rings. The maximum absolute atomic E-state index is 14.4. The van der Waals surface area contributed by atoms with Gasteiger partial charge in [-0.2, -0.15) is 0 Å². The lowest BCUT2D eigenvalue weighted by atomic mass is 9.88. The third kappa shape index (κ3) is 10.3. The van der Waals surface area contributed by atoms with E-state index in [-0.39, 0.29) is 55.0 Å². The van der Waals surface area contributed by atoms with Crippen molar-refractivity contribution in [2.75, 3.05) is 51.1 Å². The number of nitrogens with one attached hydrogen (secondary N) is 2. The van der Waals surface area contributed by atoms with Gasteiger partial charge in [-0.3, -0.25) is 9.59 Å². The van der Waals surface area contributed by atoms with Crippen LogP contribution in [-0.2, 0) is 9.53 Å². The average molecular weight is 667 g/mol. The van der Waals surface area contributed by atoms with E-state index in [4.69, 9.17) is 14.2 Å². The molecule has 3 N–H and O–H groups in total. The van der Waals surface area contributed by atoms with Gasteiger partial charge in [0, 0.05) is 50.0 Å². The lowest BCUT2D eigenvalue weighted by molar-refractivity contribution is -0.120. The predicted octanol–water partition coefficient (Wildman–Crippen LogP) is 6.17. The second kappa shape index (κ2) is 18.1. The number of nitrogens with zero attached hydrogens (tertiary/aromatic N) is 2. The molecule has 0 radical (unpaired) electrons. The first-order chi connectivity index (χ1) is 23.1. The van der Waals surface area contributed by atoms with Gasteiger partial charge in [-0.1, -0.05) is 26.2 Å². The van der Waals surface area contributed by atoms with Gasteiger partial charge in [0.2, 0.25) is 5.91 Å². The van der Waals surface area contributed by atoms with E-state index in [0.717, 1.165) is 51.4 Å². The van der Waals surface area contributed by atoms with Crippen LogP contribution in [0.25, 0.3) is 0 Å². The van der Waals surface area contributed by atoms with E-state index in [1.165, 1.54) is 0 Å². The summed E-state index contributed by atoms with van der Waals surface area (Å²) in [5.74, 6) is 0.598. The monoisotopic (exact) mass is 666 g/mol. The predicted molar refractivity (Wildman–Crippen MR) is 187 cm³/mol. The molecule has 11 nitrogen and oxygen atoms in total. The number of rotatable bonds is 8. The molecular weight excluding hydrogens is 612 g/mol. The molecule has 48 heavy (non-hydrogen) atoms. The van der Waals surface area contributed by atoms with Crippen LogP contribution in [0.4, 0.5) is 16.2 Å². The van der Waals surface area contributed by atoms with E-state index in [1.54, 1.807) is 73.3 Å². The van der Waals surface area contributed by atoms with Gasteiger partial charge in [0.05, 0.1) is 37.5 Å². The number of hydrogen-bond donors (Lipinski definition) is 3. The molecule has 1 aliphatic heterocycles. The molecule has 1 aliphatic carbocycles. The number of fused-ring (bicyclic) bond motifs is 1. The summed E-state index contributed by atoms with van der Waals surface area (Å²) in [6.07, 6.45) is 6.90. The van der Waals surface area contributed by atoms with Gasteiger partial charge >= 0.3 is 6.03 Å². The molecule has 2 aromatic rings. The van der Waals surface area contributed by atoms with Gasteiger partial charge < -0.3 is 39.8 Å². The van der Waals surface area contributed by atoms with Crippen LogP contribution in [0.15, 0.2) is 42.5 Å². The number of amides is 4. The van der Waals surface area contributed by atoms with Gasteiger partial charge in [0.15, 0.2) is 0 Å². The molecule has 4 atom stereocenters. The van der Waals surface area contributed by atoms with Crippen molar-refractivity contribution < 1.29 is 33.7 Å². The Balaban J connectivity index is 1.56. The highest BCUT2D eigenvalue weighted by atomic mass is 16.5. The normalized spacial score (nSPS) is 22.0. The Morgan fingerprint density at radius 2 is 1.69 bits per heavy atom. The second-order valence-corrected chi connectivity index (χ2v) is 13.4. The van der Waals surface area contributed by atoms with Crippen LogP contribution in [0.5, 0.6) is 11.5 Å². The third-order valence-corrected chi connectivity index (χ3v) is 9.44. The minimum atomic E-state index is -0.504. The SMILES string of the molecule is COc1ccc(NC(=O)N(C)C[C@H]2OCCCC[C@H](C)Oc3ccc(NC(=O)C4CCCCC4)cc3C(=O)N([C@@H](C)CO)C[C@@H]2C)cc1. The van der Waals surface area contributed by atoms with E-state index in [2.05, 4.69) is 10.6 Å². The number of methoxy groups -OCH3 is 1. The standard InChI is InChI=1S/C37H54N4O7/c1-25-22-41(26(2)24-42)36(44)32-21-30(38-35(43)28-12-7-6-8-13-28)16-19-33(32)48-27(3)11-9-10-20-47-34(25)23-40(4)37(45)39-29-14-17-31(46-5)18-15-29/h14-19,21,25-28,34,42H,6-13,20,22-24H2,1-5H3,(H,38,43)(H,39,45)/t25-,26-,27-,34+/m0/s1. The topological polar surface area (TPSA) is 130 Å². The number of carbonyl (C=O) groups excluding carboxylic acids is 3. The van der Waals surface area contributed by atoms with E-state index < -0.39 is 6.04 Å². The van der Waals surface area contributed by atoms with Crippen molar-refractivity contribution in [2.45, 2.75) is 90.4 Å². The number of hydrogen-bond acceptors (Lipinski definition) is 7. The molecule has 1 saturated carbocycles. The van der Waals surface area contributed by atoms with E-state index in [9.17, 15) is 19.5 Å². The minimum absolute atomic E-state index is 0.0216. The van der Waals surface area contributed by atoms with E-state index in [1.807, 2.05) is 13.8 Å². The minimum Gasteiger partial charge on any atom is -0.497 e. The Bertz CT molecular complexity index is 1350. The fourth-order valence-corrected chi connectivity index (χ4v) is 6.32. The van der Waals surface area contributed by atoms with Crippen LogP contribution in [0.1, 0.15) is 82.5 Å². The molecule has 0 saturated heterocycles. The fraction of sp³-hybridized carbons (Fsp3) is 0.595. The van der Waals surface area contributed by atoms with Crippen LogP contribution in [0.3, 0.4) is 0 Å². The maximum Gasteiger partial charge on any atom is 0.321 e. The molecule has 1 heterocycles. The lowest BCUT2D eigenvalue weighted by Gasteiger charge is -2.35. The van der Waals surface area contributed by atoms with Crippen LogP contribution in [0.2, 0.25) is 0 Å². The number of benzene rings is 2. The number of urea groups is 1. The second-order valence-electron chi connectivity index (χ2n) is 13.4. The molecule has 4 rings (SSSR count). The summed E-state index contributed by atoms with van der Waals surface area (Å²) >= 11 is 0. The number of aliphatic hydroxyl groups excluding tert-OH is 1. The van der Waals surface area contributed by atoms with Crippen molar-refractivity contribution in [3.8, 4) is 11.5 Å². The molecule has 0 unspecified atom stereocenters. The van der Waals surface area contributed by atoms with Gasteiger partial charge in [0.1, 0.15) is 11.5 Å². The Morgan fingerprint density at radius 1 is 1.00 bits per heavy atom. The zero-order chi connectivity index (χ0) is 34.6. The average Bonchev–Trinajstić information content (AvgIpc) is 3.10. The summed E-state index contributed by atoms with van der Waals surface area (Å²) < 4.78 is 17.9. The summed E-state index contributed by atoms with van der Waals surface area (Å²) in [6, 6.07) is 11.6. The van der Waals surface area contributed by atoms with Gasteiger partial charge in [-0.25, -0.2) is 4.79 Å². The first kappa shape index (κ1) is 37.0. The van der Waals surface area contributed by atoms with Crippen molar-refractivity contribution >= 4 is 29.2 Å². The Hall–Kier alpha value is -3.83. The number of carbonyl (C=O) groups is 3. The quantitative estimate of drug-likeness (QED) is 0.307. The van der Waals surface area contributed by atoms with Gasteiger partial charge in [-0.05, 0) is 88.4 Å². The molecule has 2 aromatic carbocycles. The Morgan fingerprint density at radius 3 is 2.38 bits per heavy atom. The first-order valence-electron chi connectivity index (χ1n) is 17.4. The molecule has 11 heteroatoms. The van der Waals surface area contributed by atoms with Crippen LogP contribution >= 0.6 is 0 Å². The van der Waals surface area contributed by atoms with Gasteiger partial charge in [0.25, 0.3) is 5.91 Å². The summed E-state index contributed by atoms with van der Waals surface area (Å²) in [5, 5.41) is 16.2. The van der Waals surface area contributed by atoms with Gasteiger partial charge in [-0.15, -0.1) is 0 Å². The summed E-state index contributed by atoms with van der Waals surface area (Å²) in [4.78, 5) is 43.8. The smallest absolute Gasteiger partial charge is 0.321 e. The van der Waals surface area contributed by atoms with Crippen molar-refractivity contribution in [2.24, 2.45) is 11.8 Å². The Kier molecular flexibility index (Phi) is 13.9. The highest BCUT2D eigenvalue weighted by Crippen LogP contribution is 2.30. The van der Waals surface area contributed by atoms with Crippen molar-refractivity contribution in [3.63, 3.8) is 0 Å². The molecule has 0 bridgehead atoms. The Labute approximate surface area is 285 Å². The van der Waals surface area contributed by atoms with E-state index >= 15 is 0 Å². The fourth-order valence-electron chi connectivity index (χ4n) is 6.32. The third-order valence-electron chi connectivity index (χ3n) is 9.44. The number of anilines is 2. The molecule has 0 spiro atoms. The van der Waals surface area contributed by atoms with Crippen molar-refractivity contribution in [3.05, 3.63) is 48.0 Å². The van der Waals surface area contributed by atoms with Crippen LogP contribution in [-0.4, -0.2) is 91.5 Å². The highest BCUT2D eigenvalue weighted by molar-refractivity contribution is 6.00. The molecule has 4 amide bonds. The molecular formula is C37H54N4O7. The van der Waals surface area contributed by atoms with Crippen molar-refractivity contribution in [1.82, 2.24) is 9.80 Å². The van der Waals surface area contributed by atoms with Crippen LogP contribution < -0.4 is 20.1 Å². The number of aliphatic hydroxyl groups is 1. The summed E-state index contributed by atoms with van der Waals surface area (Å²) in [6.45, 7) is 6.61. The zero-order valence-corrected chi connectivity index (χ0v) is 29.2.